The molecule has 0 aliphatic carbocycles. The number of hydrogen-bond acceptors (Lipinski definition) is 7. The number of phenolic OH excluding ortho intramolecular Hbond substituents is 1. The second-order valence-corrected chi connectivity index (χ2v) is 8.36. The van der Waals surface area contributed by atoms with Crippen LogP contribution in [0.3, 0.4) is 0 Å². The van der Waals surface area contributed by atoms with Crippen LogP contribution in [0.25, 0.3) is 5.76 Å². The average molecular weight is 488 g/mol. The van der Waals surface area contributed by atoms with E-state index in [1.807, 2.05) is 0 Å². The van der Waals surface area contributed by atoms with Gasteiger partial charge in [-0.25, -0.2) is 0 Å². The van der Waals surface area contributed by atoms with E-state index >= 15 is 0 Å². The molecule has 0 radical (unpaired) electrons. The summed E-state index contributed by atoms with van der Waals surface area (Å²) >= 11 is 0. The Morgan fingerprint density at radius 2 is 1.64 bits per heavy atom. The predicted octanol–water partition coefficient (Wildman–Crippen LogP) is 4.05. The number of ether oxygens (including phenoxy) is 2. The number of nitrogens with zero attached hydrogens (tertiary/aromatic N) is 1. The number of phenols is 1. The van der Waals surface area contributed by atoms with Crippen LogP contribution in [0.15, 0.2) is 72.3 Å². The van der Waals surface area contributed by atoms with Crippen LogP contribution >= 0.6 is 0 Å². The number of aliphatic hydroxyl groups excluding tert-OH is 1. The zero-order chi connectivity index (χ0) is 26.0. The topological polar surface area (TPSA) is 113 Å². The van der Waals surface area contributed by atoms with Crippen molar-refractivity contribution in [3.05, 3.63) is 94.6 Å². The predicted molar refractivity (Wildman–Crippen MR) is 133 cm³/mol. The molecule has 1 aliphatic heterocycles. The van der Waals surface area contributed by atoms with Gasteiger partial charge in [0.25, 0.3) is 11.7 Å². The lowest BCUT2D eigenvalue weighted by molar-refractivity contribution is -0.139. The third-order valence-electron chi connectivity index (χ3n) is 6.13. The molecule has 4 rings (SSSR count). The van der Waals surface area contributed by atoms with E-state index < -0.39 is 23.7 Å². The Bertz CT molecular complexity index is 1360. The van der Waals surface area contributed by atoms with Crippen molar-refractivity contribution in [2.24, 2.45) is 0 Å². The van der Waals surface area contributed by atoms with Crippen molar-refractivity contribution in [2.75, 3.05) is 19.1 Å². The maximum absolute atomic E-state index is 13.3. The normalized spacial score (nSPS) is 16.8. The second kappa shape index (κ2) is 9.95. The molecule has 1 unspecified atom stereocenters. The lowest BCUT2D eigenvalue weighted by Crippen LogP contribution is -2.29. The summed E-state index contributed by atoms with van der Waals surface area (Å²) < 4.78 is 9.93. The molecule has 3 aromatic carbocycles. The standard InChI is InChI=1S/C28H25NO7/c1-16-14-21(35-2)12-13-22(16)26(32)24-25(18-6-10-20(30)11-7-18)29(28(34)27(24)33)19-8-4-17(5-9-19)15-23(31)36-3/h4-14,25,30,32H,15H2,1-3H3/b26-24-. The van der Waals surface area contributed by atoms with E-state index in [2.05, 4.69) is 0 Å². The summed E-state index contributed by atoms with van der Waals surface area (Å²) in [5.74, 6) is -1.74. The summed E-state index contributed by atoms with van der Waals surface area (Å²) in [4.78, 5) is 39.5. The van der Waals surface area contributed by atoms with Crippen molar-refractivity contribution in [1.29, 1.82) is 0 Å². The van der Waals surface area contributed by atoms with Crippen molar-refractivity contribution in [3.63, 3.8) is 0 Å². The van der Waals surface area contributed by atoms with E-state index in [-0.39, 0.29) is 23.5 Å². The Labute approximate surface area is 208 Å². The van der Waals surface area contributed by atoms with Crippen LogP contribution in [0, 0.1) is 6.92 Å². The van der Waals surface area contributed by atoms with Gasteiger partial charge in [-0.15, -0.1) is 0 Å². The van der Waals surface area contributed by atoms with Gasteiger partial charge < -0.3 is 19.7 Å². The van der Waals surface area contributed by atoms with E-state index in [0.29, 0.717) is 33.7 Å². The molecule has 8 nitrogen and oxygen atoms in total. The number of aliphatic hydroxyl groups is 1. The summed E-state index contributed by atoms with van der Waals surface area (Å²) in [6, 6.07) is 16.8. The lowest BCUT2D eigenvalue weighted by Gasteiger charge is -2.26. The van der Waals surface area contributed by atoms with Crippen LogP contribution in [0.2, 0.25) is 0 Å². The van der Waals surface area contributed by atoms with Crippen molar-refractivity contribution in [3.8, 4) is 11.5 Å². The third kappa shape index (κ3) is 4.53. The number of esters is 1. The van der Waals surface area contributed by atoms with Crippen molar-refractivity contribution < 1.29 is 34.1 Å². The number of benzene rings is 3. The molecule has 1 saturated heterocycles. The number of carbonyl (C=O) groups is 3. The van der Waals surface area contributed by atoms with E-state index in [0.717, 1.165) is 0 Å². The van der Waals surface area contributed by atoms with Crippen molar-refractivity contribution in [1.82, 2.24) is 0 Å². The van der Waals surface area contributed by atoms with E-state index in [1.165, 1.54) is 31.3 Å². The quantitative estimate of drug-likeness (QED) is 0.233. The first-order valence-electron chi connectivity index (χ1n) is 11.2. The summed E-state index contributed by atoms with van der Waals surface area (Å²) in [5, 5.41) is 21.1. The second-order valence-electron chi connectivity index (χ2n) is 8.36. The largest absolute Gasteiger partial charge is 0.508 e. The van der Waals surface area contributed by atoms with Crippen LogP contribution in [0.4, 0.5) is 5.69 Å². The lowest BCUT2D eigenvalue weighted by atomic mass is 9.93. The highest BCUT2D eigenvalue weighted by Crippen LogP contribution is 2.43. The molecule has 36 heavy (non-hydrogen) atoms. The van der Waals surface area contributed by atoms with Gasteiger partial charge in [0.1, 0.15) is 17.3 Å². The molecule has 8 heteroatoms. The molecule has 1 atom stereocenters. The first kappa shape index (κ1) is 24.5. The minimum absolute atomic E-state index is 0.0221. The maximum Gasteiger partial charge on any atom is 0.309 e. The zero-order valence-electron chi connectivity index (χ0n) is 20.0. The third-order valence-corrected chi connectivity index (χ3v) is 6.13. The van der Waals surface area contributed by atoms with E-state index in [4.69, 9.17) is 9.47 Å². The number of Topliss-reactive ketones (excluding diaryl/α,β-unsaturated/α-hetero) is 1. The Balaban J connectivity index is 1.86. The Morgan fingerprint density at radius 3 is 2.22 bits per heavy atom. The average Bonchev–Trinajstić information content (AvgIpc) is 3.14. The summed E-state index contributed by atoms with van der Waals surface area (Å²) in [5.41, 5.74) is 2.60. The molecule has 184 valence electrons. The highest BCUT2D eigenvalue weighted by Gasteiger charge is 2.47. The molecule has 1 fully saturated rings. The van der Waals surface area contributed by atoms with Crippen molar-refractivity contribution >= 4 is 29.1 Å². The number of amides is 1. The van der Waals surface area contributed by atoms with Crippen LogP contribution in [-0.4, -0.2) is 42.1 Å². The van der Waals surface area contributed by atoms with Gasteiger partial charge in [0, 0.05) is 11.3 Å². The molecular formula is C28H25NO7. The van der Waals surface area contributed by atoms with Crippen LogP contribution in [-0.2, 0) is 25.5 Å². The number of methoxy groups -OCH3 is 2. The number of hydrogen-bond donors (Lipinski definition) is 2. The number of anilines is 1. The van der Waals surface area contributed by atoms with Crippen LogP contribution < -0.4 is 9.64 Å². The van der Waals surface area contributed by atoms with Gasteiger partial charge in [-0.1, -0.05) is 24.3 Å². The monoisotopic (exact) mass is 487 g/mol. The molecule has 3 aromatic rings. The molecule has 0 bridgehead atoms. The summed E-state index contributed by atoms with van der Waals surface area (Å²) in [6.45, 7) is 1.77. The fourth-order valence-electron chi connectivity index (χ4n) is 4.26. The maximum atomic E-state index is 13.3. The molecule has 1 amide bonds. The highest BCUT2D eigenvalue weighted by molar-refractivity contribution is 6.51. The van der Waals surface area contributed by atoms with Gasteiger partial charge >= 0.3 is 5.97 Å². The van der Waals surface area contributed by atoms with Gasteiger partial charge in [-0.05, 0) is 66.1 Å². The van der Waals surface area contributed by atoms with Gasteiger partial charge in [0.15, 0.2) is 0 Å². The smallest absolute Gasteiger partial charge is 0.309 e. The van der Waals surface area contributed by atoms with Gasteiger partial charge in [0.05, 0.1) is 32.3 Å². The SMILES string of the molecule is COC(=O)Cc1ccc(N2C(=O)C(=O)/C(=C(\O)c3ccc(OC)cc3C)C2c2ccc(O)cc2)cc1. The van der Waals surface area contributed by atoms with Gasteiger partial charge in [-0.2, -0.15) is 0 Å². The zero-order valence-corrected chi connectivity index (χ0v) is 20.0. The van der Waals surface area contributed by atoms with E-state index in [1.54, 1.807) is 61.5 Å². The molecule has 0 aromatic heterocycles. The number of ketones is 1. The number of aromatic hydroxyl groups is 1. The minimum atomic E-state index is -0.946. The number of aryl methyl sites for hydroxylation is 1. The van der Waals surface area contributed by atoms with Crippen LogP contribution in [0.5, 0.6) is 11.5 Å². The summed E-state index contributed by atoms with van der Waals surface area (Å²) in [7, 11) is 2.83. The molecule has 0 saturated carbocycles. The molecule has 2 N–H and O–H groups in total. The summed E-state index contributed by atoms with van der Waals surface area (Å²) in [6.07, 6.45) is 0.0632. The van der Waals surface area contributed by atoms with E-state index in [9.17, 15) is 24.6 Å². The molecule has 0 spiro atoms. The number of carbonyl (C=O) groups excluding carboxylic acids is 3. The molecule has 1 heterocycles. The Morgan fingerprint density at radius 1 is 0.972 bits per heavy atom. The van der Waals surface area contributed by atoms with Gasteiger partial charge in [0.2, 0.25) is 0 Å². The fourth-order valence-corrected chi connectivity index (χ4v) is 4.26. The Kier molecular flexibility index (Phi) is 6.78. The Hall–Kier alpha value is -4.59. The fraction of sp³-hybridized carbons (Fsp3) is 0.179. The molecular weight excluding hydrogens is 462 g/mol. The molecule has 1 aliphatic rings. The first-order chi connectivity index (χ1) is 17.2. The number of rotatable bonds is 6. The van der Waals surface area contributed by atoms with Crippen molar-refractivity contribution in [2.45, 2.75) is 19.4 Å². The highest BCUT2D eigenvalue weighted by atomic mass is 16.5. The van der Waals surface area contributed by atoms with Gasteiger partial charge in [-0.3, -0.25) is 19.3 Å². The minimum Gasteiger partial charge on any atom is -0.508 e. The first-order valence-corrected chi connectivity index (χ1v) is 11.2. The van der Waals surface area contributed by atoms with Crippen LogP contribution in [0.1, 0.15) is 28.3 Å².